The van der Waals surface area contributed by atoms with Crippen LogP contribution in [0.2, 0.25) is 0 Å². The summed E-state index contributed by atoms with van der Waals surface area (Å²) in [5, 5.41) is 3.59. The van der Waals surface area contributed by atoms with Gasteiger partial charge in [0.2, 0.25) is 0 Å². The van der Waals surface area contributed by atoms with E-state index in [-0.39, 0.29) is 0 Å². The van der Waals surface area contributed by atoms with E-state index in [1.165, 1.54) is 18.5 Å². The Morgan fingerprint density at radius 3 is 3.19 bits per heavy atom. The van der Waals surface area contributed by atoms with Gasteiger partial charge in [0, 0.05) is 44.1 Å². The summed E-state index contributed by atoms with van der Waals surface area (Å²) >= 11 is 0. The van der Waals surface area contributed by atoms with Gasteiger partial charge in [-0.25, -0.2) is 0 Å². The highest BCUT2D eigenvalue weighted by Gasteiger charge is 2.10. The van der Waals surface area contributed by atoms with Crippen LogP contribution in [0.5, 0.6) is 0 Å². The van der Waals surface area contributed by atoms with E-state index >= 15 is 0 Å². The fourth-order valence-corrected chi connectivity index (χ4v) is 2.06. The second kappa shape index (κ2) is 6.61. The van der Waals surface area contributed by atoms with Gasteiger partial charge in [0.1, 0.15) is 0 Å². The highest BCUT2D eigenvalue weighted by molar-refractivity contribution is 5.03. The first kappa shape index (κ1) is 11.6. The number of aromatic nitrogens is 1. The van der Waals surface area contributed by atoms with Crippen molar-refractivity contribution in [1.82, 2.24) is 10.3 Å². The summed E-state index contributed by atoms with van der Waals surface area (Å²) in [6.07, 6.45) is 6.43. The number of rotatable bonds is 4. The highest BCUT2D eigenvalue weighted by atomic mass is 16.5. The Balaban J connectivity index is 1.67. The zero-order valence-electron chi connectivity index (χ0n) is 9.69. The van der Waals surface area contributed by atoms with Gasteiger partial charge in [0.05, 0.1) is 0 Å². The van der Waals surface area contributed by atoms with Gasteiger partial charge in [-0.05, 0) is 31.4 Å². The molecule has 1 N–H and O–H groups in total. The van der Waals surface area contributed by atoms with E-state index in [1.807, 2.05) is 18.3 Å². The first-order chi connectivity index (χ1) is 7.95. The number of nitrogens with zero attached hydrogens (tertiary/aromatic N) is 1. The summed E-state index contributed by atoms with van der Waals surface area (Å²) in [6, 6.07) is 6.71. The second-order valence-corrected chi connectivity index (χ2v) is 4.27. The molecule has 1 unspecified atom stereocenters. The Morgan fingerprint density at radius 1 is 1.31 bits per heavy atom. The Morgan fingerprint density at radius 2 is 2.31 bits per heavy atom. The van der Waals surface area contributed by atoms with Crippen LogP contribution in [0.4, 0.5) is 0 Å². The summed E-state index contributed by atoms with van der Waals surface area (Å²) in [5.41, 5.74) is 1.17. The zero-order chi connectivity index (χ0) is 11.1. The predicted molar refractivity (Wildman–Crippen MR) is 64.4 cm³/mol. The third-order valence-corrected chi connectivity index (χ3v) is 2.99. The summed E-state index contributed by atoms with van der Waals surface area (Å²) in [4.78, 5) is 4.32. The molecule has 0 aliphatic carbocycles. The maximum absolute atomic E-state index is 5.44. The lowest BCUT2D eigenvalue weighted by atomic mass is 10.1. The van der Waals surface area contributed by atoms with E-state index in [1.54, 1.807) is 0 Å². The van der Waals surface area contributed by atoms with Crippen molar-refractivity contribution in [2.75, 3.05) is 19.8 Å². The van der Waals surface area contributed by atoms with Crippen molar-refractivity contribution in [3.63, 3.8) is 0 Å². The fraction of sp³-hybridized carbons (Fsp3) is 0.615. The predicted octanol–water partition coefficient (Wildman–Crippen LogP) is 1.78. The summed E-state index contributed by atoms with van der Waals surface area (Å²) in [7, 11) is 0. The summed E-state index contributed by atoms with van der Waals surface area (Å²) in [6.45, 7) is 2.85. The second-order valence-electron chi connectivity index (χ2n) is 4.27. The van der Waals surface area contributed by atoms with Crippen LogP contribution >= 0.6 is 0 Å². The van der Waals surface area contributed by atoms with Crippen LogP contribution in [-0.4, -0.2) is 30.8 Å². The lowest BCUT2D eigenvalue weighted by Gasteiger charge is -2.15. The molecule has 2 rings (SSSR count). The topological polar surface area (TPSA) is 34.1 Å². The molecule has 1 aliphatic rings. The molecular formula is C13H20N2O. The molecule has 1 aliphatic heterocycles. The Bertz CT molecular complexity index is 281. The molecule has 1 aromatic heterocycles. The molecule has 0 amide bonds. The molecule has 0 spiro atoms. The molecule has 1 fully saturated rings. The monoisotopic (exact) mass is 220 g/mol. The van der Waals surface area contributed by atoms with Gasteiger partial charge in [-0.3, -0.25) is 4.98 Å². The lowest BCUT2D eigenvalue weighted by molar-refractivity contribution is 0.142. The Kier molecular flexibility index (Phi) is 4.77. The van der Waals surface area contributed by atoms with Crippen molar-refractivity contribution in [3.8, 4) is 0 Å². The Labute approximate surface area is 97.2 Å². The van der Waals surface area contributed by atoms with E-state index < -0.39 is 0 Å². The molecule has 3 nitrogen and oxygen atoms in total. The van der Waals surface area contributed by atoms with Crippen LogP contribution in [-0.2, 0) is 11.2 Å². The van der Waals surface area contributed by atoms with E-state index in [4.69, 9.17) is 4.74 Å². The van der Waals surface area contributed by atoms with Crippen molar-refractivity contribution in [1.29, 1.82) is 0 Å². The number of nitrogens with one attached hydrogen (secondary N) is 1. The number of hydrogen-bond acceptors (Lipinski definition) is 3. The van der Waals surface area contributed by atoms with Crippen LogP contribution in [0.3, 0.4) is 0 Å². The number of ether oxygens (including phenoxy) is 1. The van der Waals surface area contributed by atoms with Crippen molar-refractivity contribution in [2.24, 2.45) is 0 Å². The number of pyridine rings is 1. The van der Waals surface area contributed by atoms with Crippen molar-refractivity contribution in [2.45, 2.75) is 31.7 Å². The van der Waals surface area contributed by atoms with Gasteiger partial charge in [0.25, 0.3) is 0 Å². The van der Waals surface area contributed by atoms with Gasteiger partial charge in [-0.2, -0.15) is 0 Å². The quantitative estimate of drug-likeness (QED) is 0.840. The van der Waals surface area contributed by atoms with Gasteiger partial charge in [-0.1, -0.05) is 6.07 Å². The van der Waals surface area contributed by atoms with E-state index in [0.29, 0.717) is 6.04 Å². The lowest BCUT2D eigenvalue weighted by Crippen LogP contribution is -2.31. The normalized spacial score (nSPS) is 21.6. The SMILES string of the molecule is c1ccc(CCNC2CCCOCC2)nc1. The van der Waals surface area contributed by atoms with Crippen LogP contribution in [0, 0.1) is 0 Å². The van der Waals surface area contributed by atoms with E-state index in [0.717, 1.165) is 32.6 Å². The number of hydrogen-bond donors (Lipinski definition) is 1. The molecule has 0 saturated carbocycles. The molecule has 0 bridgehead atoms. The van der Waals surface area contributed by atoms with Gasteiger partial charge in [-0.15, -0.1) is 0 Å². The van der Waals surface area contributed by atoms with Crippen LogP contribution in [0.1, 0.15) is 25.0 Å². The summed E-state index contributed by atoms with van der Waals surface area (Å²) in [5.74, 6) is 0. The van der Waals surface area contributed by atoms with Gasteiger partial charge >= 0.3 is 0 Å². The van der Waals surface area contributed by atoms with Crippen molar-refractivity contribution < 1.29 is 4.74 Å². The zero-order valence-corrected chi connectivity index (χ0v) is 9.69. The average Bonchev–Trinajstić information content (AvgIpc) is 2.59. The third kappa shape index (κ3) is 3.91. The molecule has 2 heterocycles. The van der Waals surface area contributed by atoms with Crippen molar-refractivity contribution in [3.05, 3.63) is 30.1 Å². The largest absolute Gasteiger partial charge is 0.381 e. The minimum Gasteiger partial charge on any atom is -0.381 e. The Hall–Kier alpha value is -0.930. The smallest absolute Gasteiger partial charge is 0.0480 e. The maximum Gasteiger partial charge on any atom is 0.0480 e. The van der Waals surface area contributed by atoms with Crippen molar-refractivity contribution >= 4 is 0 Å². The minimum atomic E-state index is 0.631. The molecule has 1 aromatic rings. The summed E-state index contributed by atoms with van der Waals surface area (Å²) < 4.78 is 5.44. The average molecular weight is 220 g/mol. The maximum atomic E-state index is 5.44. The van der Waals surface area contributed by atoms with Gasteiger partial charge < -0.3 is 10.1 Å². The van der Waals surface area contributed by atoms with Crippen LogP contribution in [0.25, 0.3) is 0 Å². The highest BCUT2D eigenvalue weighted by Crippen LogP contribution is 2.07. The van der Waals surface area contributed by atoms with E-state index in [9.17, 15) is 0 Å². The van der Waals surface area contributed by atoms with Crippen LogP contribution < -0.4 is 5.32 Å². The minimum absolute atomic E-state index is 0.631. The molecule has 0 radical (unpaired) electrons. The molecular weight excluding hydrogens is 200 g/mol. The molecule has 1 atom stereocenters. The standard InChI is InChI=1S/C13H20N2O/c1-2-8-14-12(4-1)6-9-15-13-5-3-10-16-11-7-13/h1-2,4,8,13,15H,3,5-7,9-11H2. The molecule has 3 heteroatoms. The first-order valence-corrected chi connectivity index (χ1v) is 6.16. The molecule has 16 heavy (non-hydrogen) atoms. The third-order valence-electron chi connectivity index (χ3n) is 2.99. The molecule has 0 aromatic carbocycles. The van der Waals surface area contributed by atoms with Crippen LogP contribution in [0.15, 0.2) is 24.4 Å². The molecule has 1 saturated heterocycles. The fourth-order valence-electron chi connectivity index (χ4n) is 2.06. The van der Waals surface area contributed by atoms with E-state index in [2.05, 4.69) is 16.4 Å². The first-order valence-electron chi connectivity index (χ1n) is 6.16. The van der Waals surface area contributed by atoms with Gasteiger partial charge in [0.15, 0.2) is 0 Å². The molecule has 88 valence electrons.